The Morgan fingerprint density at radius 2 is 1.71 bits per heavy atom. The van der Waals surface area contributed by atoms with Crippen molar-refractivity contribution < 1.29 is 18.7 Å². The van der Waals surface area contributed by atoms with Gasteiger partial charge >= 0.3 is 0 Å². The van der Waals surface area contributed by atoms with Gasteiger partial charge in [-0.25, -0.2) is 0 Å². The Bertz CT molecular complexity index is 1370. The molecule has 0 aliphatic rings. The number of aromatic nitrogens is 4. The largest absolute Gasteiger partial charge is 0.484 e. The van der Waals surface area contributed by atoms with Crippen LogP contribution >= 0.6 is 23.2 Å². The Morgan fingerprint density at radius 3 is 2.41 bits per heavy atom. The zero-order chi connectivity index (χ0) is 24.4. The van der Waals surface area contributed by atoms with Gasteiger partial charge in [0.25, 0.3) is 11.8 Å². The summed E-state index contributed by atoms with van der Waals surface area (Å²) >= 11 is 12.0. The summed E-state index contributed by atoms with van der Waals surface area (Å²) in [4.78, 5) is 25.6. The summed E-state index contributed by atoms with van der Waals surface area (Å²) in [5.74, 6) is -0.106. The number of benzene rings is 1. The number of rotatable bonds is 7. The molecule has 0 aliphatic carbocycles. The number of aryl methyl sites for hydroxylation is 2. The molecule has 3 heterocycles. The van der Waals surface area contributed by atoms with Crippen molar-refractivity contribution in [1.82, 2.24) is 19.6 Å². The van der Waals surface area contributed by atoms with Crippen molar-refractivity contribution >= 4 is 46.4 Å². The van der Waals surface area contributed by atoms with Crippen LogP contribution in [0.3, 0.4) is 0 Å². The summed E-state index contributed by atoms with van der Waals surface area (Å²) < 4.78 is 14.2. The van der Waals surface area contributed by atoms with Gasteiger partial charge < -0.3 is 19.8 Å². The highest BCUT2D eigenvalue weighted by Gasteiger charge is 2.22. The first-order valence-corrected chi connectivity index (χ1v) is 10.8. The molecule has 4 rings (SSSR count). The van der Waals surface area contributed by atoms with E-state index in [-0.39, 0.29) is 23.7 Å². The van der Waals surface area contributed by atoms with Crippen molar-refractivity contribution in [3.05, 3.63) is 75.7 Å². The molecule has 1 aromatic carbocycles. The average Bonchev–Trinajstić information content (AvgIpc) is 3.49. The van der Waals surface area contributed by atoms with Crippen LogP contribution in [0.2, 0.25) is 10.0 Å². The minimum Gasteiger partial charge on any atom is -0.484 e. The minimum atomic E-state index is -0.546. The molecule has 0 spiro atoms. The van der Waals surface area contributed by atoms with Crippen LogP contribution in [0.1, 0.15) is 32.5 Å². The van der Waals surface area contributed by atoms with E-state index in [1.165, 1.54) is 16.9 Å². The van der Waals surface area contributed by atoms with Crippen LogP contribution in [0, 0.1) is 6.92 Å². The van der Waals surface area contributed by atoms with Crippen LogP contribution in [0.4, 0.5) is 11.4 Å². The molecule has 0 saturated carbocycles. The number of nitrogens with one attached hydrogen (secondary N) is 2. The van der Waals surface area contributed by atoms with E-state index in [1.807, 2.05) is 6.92 Å². The lowest BCUT2D eigenvalue weighted by Gasteiger charge is -2.08. The Labute approximate surface area is 204 Å². The lowest BCUT2D eigenvalue weighted by atomic mass is 10.3. The molecule has 0 fully saturated rings. The third-order valence-electron chi connectivity index (χ3n) is 5.03. The molecule has 0 saturated heterocycles. The molecule has 0 aliphatic heterocycles. The summed E-state index contributed by atoms with van der Waals surface area (Å²) in [5.41, 5.74) is 1.74. The molecule has 0 bridgehead atoms. The molecule has 3 aromatic heterocycles. The van der Waals surface area contributed by atoms with Gasteiger partial charge in [0.05, 0.1) is 34.5 Å². The van der Waals surface area contributed by atoms with Crippen molar-refractivity contribution in [2.24, 2.45) is 14.1 Å². The van der Waals surface area contributed by atoms with Crippen molar-refractivity contribution in [1.29, 1.82) is 0 Å². The number of hydrogen-bond donors (Lipinski definition) is 2. The predicted molar refractivity (Wildman–Crippen MR) is 127 cm³/mol. The topological polar surface area (TPSA) is 116 Å². The lowest BCUT2D eigenvalue weighted by Crippen LogP contribution is -2.20. The van der Waals surface area contributed by atoms with E-state index in [1.54, 1.807) is 49.2 Å². The van der Waals surface area contributed by atoms with Gasteiger partial charge in [0.2, 0.25) is 0 Å². The molecule has 176 valence electrons. The third kappa shape index (κ3) is 4.92. The molecule has 2 N–H and O–H groups in total. The number of carbonyl (C=O) groups excluding carboxylic acids is 2. The predicted octanol–water partition coefficient (Wildman–Crippen LogP) is 4.45. The van der Waals surface area contributed by atoms with Crippen molar-refractivity contribution in [2.45, 2.75) is 13.5 Å². The van der Waals surface area contributed by atoms with Crippen molar-refractivity contribution in [3.8, 4) is 5.75 Å². The Morgan fingerprint density at radius 1 is 1.00 bits per heavy atom. The van der Waals surface area contributed by atoms with Crippen LogP contribution < -0.4 is 15.4 Å². The van der Waals surface area contributed by atoms with Gasteiger partial charge in [-0.2, -0.15) is 10.2 Å². The highest BCUT2D eigenvalue weighted by Crippen LogP contribution is 2.28. The highest BCUT2D eigenvalue weighted by atomic mass is 35.5. The Balaban J connectivity index is 1.43. The molecule has 0 atom stereocenters. The summed E-state index contributed by atoms with van der Waals surface area (Å²) in [6.45, 7) is 1.88. The Kier molecular flexibility index (Phi) is 6.62. The SMILES string of the molecule is Cc1c(NC(=O)c2c(NC(=O)c3ccc(COc4ccc(Cl)cc4Cl)o3)cnn2C)cnn1C. The molecular formula is C22H20Cl2N6O4. The van der Waals surface area contributed by atoms with Gasteiger partial charge in [0, 0.05) is 19.1 Å². The minimum absolute atomic E-state index is 0.0409. The van der Waals surface area contributed by atoms with E-state index >= 15 is 0 Å². The second kappa shape index (κ2) is 9.62. The summed E-state index contributed by atoms with van der Waals surface area (Å²) in [6, 6.07) is 7.98. The molecule has 4 aromatic rings. The Hall–Kier alpha value is -3.76. The fraction of sp³-hybridized carbons (Fsp3) is 0.182. The first-order valence-electron chi connectivity index (χ1n) is 10.0. The molecular weight excluding hydrogens is 483 g/mol. The van der Waals surface area contributed by atoms with Crippen LogP contribution in [-0.2, 0) is 20.7 Å². The normalized spacial score (nSPS) is 10.9. The number of nitrogens with zero attached hydrogens (tertiary/aromatic N) is 4. The number of amides is 2. The molecule has 0 radical (unpaired) electrons. The maximum absolute atomic E-state index is 12.8. The number of anilines is 2. The molecule has 2 amide bonds. The van der Waals surface area contributed by atoms with Crippen LogP contribution in [0.5, 0.6) is 5.75 Å². The smallest absolute Gasteiger partial charge is 0.291 e. The molecule has 34 heavy (non-hydrogen) atoms. The fourth-order valence-electron chi connectivity index (χ4n) is 3.10. The zero-order valence-electron chi connectivity index (χ0n) is 18.4. The van der Waals surface area contributed by atoms with E-state index in [0.29, 0.717) is 27.2 Å². The number of hydrogen-bond acceptors (Lipinski definition) is 6. The van der Waals surface area contributed by atoms with Gasteiger partial charge in [-0.1, -0.05) is 23.2 Å². The lowest BCUT2D eigenvalue weighted by molar-refractivity contribution is 0.0992. The maximum Gasteiger partial charge on any atom is 0.291 e. The quantitative estimate of drug-likeness (QED) is 0.385. The second-order valence-corrected chi connectivity index (χ2v) is 8.18. The summed E-state index contributed by atoms with van der Waals surface area (Å²) in [5, 5.41) is 14.5. The fourth-order valence-corrected chi connectivity index (χ4v) is 3.57. The van der Waals surface area contributed by atoms with E-state index in [0.717, 1.165) is 5.69 Å². The van der Waals surface area contributed by atoms with Gasteiger partial charge in [-0.15, -0.1) is 0 Å². The van der Waals surface area contributed by atoms with E-state index < -0.39 is 11.8 Å². The maximum atomic E-state index is 12.8. The number of furan rings is 1. The van der Waals surface area contributed by atoms with Gasteiger partial charge in [0.15, 0.2) is 5.76 Å². The van der Waals surface area contributed by atoms with Gasteiger partial charge in [-0.3, -0.25) is 19.0 Å². The van der Waals surface area contributed by atoms with E-state index in [2.05, 4.69) is 20.8 Å². The first kappa shape index (κ1) is 23.4. The summed E-state index contributed by atoms with van der Waals surface area (Å²) in [7, 11) is 3.37. The number of ether oxygens (including phenoxy) is 1. The molecule has 12 heteroatoms. The average molecular weight is 503 g/mol. The standard InChI is InChI=1S/C22H20Cl2N6O4/c1-12-16(9-25-29(12)2)27-22(32)20-17(10-26-30(20)3)28-21(31)19-7-5-14(34-19)11-33-18-6-4-13(23)8-15(18)24/h4-10H,11H2,1-3H3,(H,27,32)(H,28,31). The van der Waals surface area contributed by atoms with Crippen molar-refractivity contribution in [2.75, 3.05) is 10.6 Å². The van der Waals surface area contributed by atoms with Crippen molar-refractivity contribution in [3.63, 3.8) is 0 Å². The highest BCUT2D eigenvalue weighted by molar-refractivity contribution is 6.35. The first-order chi connectivity index (χ1) is 16.2. The van der Waals surface area contributed by atoms with Gasteiger partial charge in [0.1, 0.15) is 23.8 Å². The molecule has 10 nitrogen and oxygen atoms in total. The third-order valence-corrected chi connectivity index (χ3v) is 5.57. The summed E-state index contributed by atoms with van der Waals surface area (Å²) in [6.07, 6.45) is 2.93. The number of halogens is 2. The second-order valence-electron chi connectivity index (χ2n) is 7.34. The van der Waals surface area contributed by atoms with Gasteiger partial charge in [-0.05, 0) is 37.3 Å². The van der Waals surface area contributed by atoms with Crippen LogP contribution in [0.25, 0.3) is 0 Å². The van der Waals surface area contributed by atoms with Crippen LogP contribution in [-0.4, -0.2) is 31.4 Å². The van der Waals surface area contributed by atoms with E-state index in [4.69, 9.17) is 32.4 Å². The zero-order valence-corrected chi connectivity index (χ0v) is 19.9. The molecule has 0 unspecified atom stereocenters. The van der Waals surface area contributed by atoms with Crippen LogP contribution in [0.15, 0.2) is 47.1 Å². The van der Waals surface area contributed by atoms with E-state index in [9.17, 15) is 9.59 Å². The monoisotopic (exact) mass is 502 g/mol. The number of carbonyl (C=O) groups is 2.